The van der Waals surface area contributed by atoms with Crippen LogP contribution in [0.25, 0.3) is 11.3 Å². The molecule has 0 unspecified atom stereocenters. The summed E-state index contributed by atoms with van der Waals surface area (Å²) in [6.07, 6.45) is -0.637. The highest BCUT2D eigenvalue weighted by molar-refractivity contribution is 7.14. The van der Waals surface area contributed by atoms with Crippen molar-refractivity contribution < 1.29 is 32.2 Å². The van der Waals surface area contributed by atoms with Crippen molar-refractivity contribution in [3.05, 3.63) is 47.2 Å². The van der Waals surface area contributed by atoms with Crippen molar-refractivity contribution in [2.75, 3.05) is 29.9 Å². The number of nitrogens with zero attached hydrogens (tertiary/aromatic N) is 4. The SMILES string of the molecule is CCOC(=O)C1CCN(c2cnc(C(=O)Nc3nc(-c4cc(C)cc(OC(F)(F)F)c4)cs3)cn2)CC1. The lowest BCUT2D eigenvalue weighted by molar-refractivity contribution is -0.274. The fourth-order valence-corrected chi connectivity index (χ4v) is 4.63. The van der Waals surface area contributed by atoms with Crippen molar-refractivity contribution in [1.29, 1.82) is 0 Å². The predicted octanol–water partition coefficient (Wildman–Crippen LogP) is 4.84. The third-order valence-electron chi connectivity index (χ3n) is 5.61. The van der Waals surface area contributed by atoms with Gasteiger partial charge in [-0.05, 0) is 50.5 Å². The zero-order valence-electron chi connectivity index (χ0n) is 20.0. The van der Waals surface area contributed by atoms with Gasteiger partial charge in [-0.1, -0.05) is 0 Å². The van der Waals surface area contributed by atoms with E-state index in [2.05, 4.69) is 25.0 Å². The summed E-state index contributed by atoms with van der Waals surface area (Å²) in [5.74, 6) is -0.566. The molecule has 1 N–H and O–H groups in total. The van der Waals surface area contributed by atoms with Gasteiger partial charge in [0.1, 0.15) is 17.3 Å². The van der Waals surface area contributed by atoms with Crippen LogP contribution in [-0.2, 0) is 9.53 Å². The first kappa shape index (κ1) is 26.3. The third-order valence-corrected chi connectivity index (χ3v) is 6.37. The number of carbonyl (C=O) groups excluding carboxylic acids is 2. The summed E-state index contributed by atoms with van der Waals surface area (Å²) in [5.41, 5.74) is 1.46. The number of aromatic nitrogens is 3. The molecule has 3 aromatic rings. The number of hydrogen-bond donors (Lipinski definition) is 1. The zero-order chi connectivity index (χ0) is 26.6. The standard InChI is InChI=1S/C24H24F3N5O4S/c1-3-35-22(34)15-4-6-32(7-5-15)20-12-28-18(11-29-20)21(33)31-23-30-19(13-37-23)16-8-14(2)9-17(10-16)36-24(25,26)27/h8-13,15H,3-7H2,1-2H3,(H,30,31,33). The second kappa shape index (κ2) is 11.1. The minimum absolute atomic E-state index is 0.0818. The van der Waals surface area contributed by atoms with Gasteiger partial charge in [0.05, 0.1) is 30.6 Å². The molecule has 0 bridgehead atoms. The summed E-state index contributed by atoms with van der Waals surface area (Å²) in [6.45, 7) is 5.04. The monoisotopic (exact) mass is 535 g/mol. The number of rotatable bonds is 7. The molecule has 0 atom stereocenters. The van der Waals surface area contributed by atoms with E-state index in [0.717, 1.165) is 11.3 Å². The summed E-state index contributed by atoms with van der Waals surface area (Å²) in [6, 6.07) is 4.18. The molecule has 0 saturated carbocycles. The minimum Gasteiger partial charge on any atom is -0.466 e. The number of benzene rings is 1. The molecule has 1 amide bonds. The van der Waals surface area contributed by atoms with Crippen molar-refractivity contribution >= 4 is 34.2 Å². The predicted molar refractivity (Wildman–Crippen MR) is 131 cm³/mol. The Kier molecular flexibility index (Phi) is 7.91. The van der Waals surface area contributed by atoms with Gasteiger partial charge in [-0.2, -0.15) is 0 Å². The molecule has 1 aliphatic heterocycles. The van der Waals surface area contributed by atoms with Crippen LogP contribution in [-0.4, -0.2) is 52.9 Å². The van der Waals surface area contributed by atoms with Gasteiger partial charge < -0.3 is 14.4 Å². The smallest absolute Gasteiger partial charge is 0.466 e. The maximum atomic E-state index is 12.6. The Morgan fingerprint density at radius 2 is 1.92 bits per heavy atom. The average Bonchev–Trinajstić information content (AvgIpc) is 3.31. The van der Waals surface area contributed by atoms with Gasteiger partial charge in [0, 0.05) is 24.0 Å². The first-order valence-corrected chi connectivity index (χ1v) is 12.4. The van der Waals surface area contributed by atoms with Gasteiger partial charge in [0.2, 0.25) is 0 Å². The van der Waals surface area contributed by atoms with Crippen molar-refractivity contribution in [1.82, 2.24) is 15.0 Å². The number of carbonyl (C=O) groups is 2. The van der Waals surface area contributed by atoms with E-state index < -0.39 is 12.3 Å². The lowest BCUT2D eigenvalue weighted by Gasteiger charge is -2.31. The Hall–Kier alpha value is -3.74. The Bertz CT molecular complexity index is 1260. The summed E-state index contributed by atoms with van der Waals surface area (Å²) >= 11 is 1.12. The quantitative estimate of drug-likeness (QED) is 0.429. The molecular formula is C24H24F3N5O4S. The highest BCUT2D eigenvalue weighted by Crippen LogP contribution is 2.31. The average molecular weight is 536 g/mol. The van der Waals surface area contributed by atoms with E-state index in [9.17, 15) is 22.8 Å². The van der Waals surface area contributed by atoms with Crippen LogP contribution >= 0.6 is 11.3 Å². The van der Waals surface area contributed by atoms with Crippen LogP contribution < -0.4 is 15.0 Å². The molecule has 0 radical (unpaired) electrons. The molecule has 0 spiro atoms. The van der Waals surface area contributed by atoms with Crippen molar-refractivity contribution in [3.63, 3.8) is 0 Å². The van der Waals surface area contributed by atoms with E-state index >= 15 is 0 Å². The largest absolute Gasteiger partial charge is 0.573 e. The van der Waals surface area contributed by atoms with Crippen molar-refractivity contribution in [2.45, 2.75) is 33.1 Å². The van der Waals surface area contributed by atoms with Crippen LogP contribution in [0.4, 0.5) is 24.1 Å². The molecule has 1 aliphatic rings. The van der Waals surface area contributed by atoms with Gasteiger partial charge in [0.15, 0.2) is 5.13 Å². The first-order chi connectivity index (χ1) is 17.6. The minimum atomic E-state index is -4.80. The molecule has 3 heterocycles. The lowest BCUT2D eigenvalue weighted by atomic mass is 9.97. The van der Waals surface area contributed by atoms with Gasteiger partial charge >= 0.3 is 12.3 Å². The van der Waals surface area contributed by atoms with E-state index in [1.165, 1.54) is 24.5 Å². The number of nitrogens with one attached hydrogen (secondary N) is 1. The fraction of sp³-hybridized carbons (Fsp3) is 0.375. The molecule has 9 nitrogen and oxygen atoms in total. The van der Waals surface area contributed by atoms with E-state index in [1.807, 2.05) is 4.90 Å². The van der Waals surface area contributed by atoms with E-state index in [0.29, 0.717) is 55.2 Å². The van der Waals surface area contributed by atoms with E-state index in [4.69, 9.17) is 4.74 Å². The summed E-state index contributed by atoms with van der Waals surface area (Å²) in [4.78, 5) is 39.4. The Labute approximate surface area is 214 Å². The molecule has 37 heavy (non-hydrogen) atoms. The number of halogens is 3. The second-order valence-electron chi connectivity index (χ2n) is 8.35. The molecule has 1 aromatic carbocycles. The van der Waals surface area contributed by atoms with Crippen molar-refractivity contribution in [3.8, 4) is 17.0 Å². The Morgan fingerprint density at radius 3 is 2.57 bits per heavy atom. The molecule has 1 saturated heterocycles. The van der Waals surface area contributed by atoms with Crippen LogP contribution in [0, 0.1) is 12.8 Å². The lowest BCUT2D eigenvalue weighted by Crippen LogP contribution is -2.37. The number of ether oxygens (including phenoxy) is 2. The summed E-state index contributed by atoms with van der Waals surface area (Å²) < 4.78 is 46.9. The first-order valence-electron chi connectivity index (χ1n) is 11.5. The molecular weight excluding hydrogens is 511 g/mol. The topological polar surface area (TPSA) is 107 Å². The number of piperidine rings is 1. The maximum absolute atomic E-state index is 12.6. The highest BCUT2D eigenvalue weighted by atomic mass is 32.1. The second-order valence-corrected chi connectivity index (χ2v) is 9.21. The Morgan fingerprint density at radius 1 is 1.16 bits per heavy atom. The number of anilines is 2. The molecule has 13 heteroatoms. The highest BCUT2D eigenvalue weighted by Gasteiger charge is 2.31. The number of thiazole rings is 1. The number of amides is 1. The maximum Gasteiger partial charge on any atom is 0.573 e. The van der Waals surface area contributed by atoms with Gasteiger partial charge in [-0.15, -0.1) is 24.5 Å². The molecule has 1 fully saturated rings. The van der Waals surface area contributed by atoms with Crippen LogP contribution in [0.1, 0.15) is 35.8 Å². The molecule has 0 aliphatic carbocycles. The molecule has 4 rings (SSSR count). The number of alkyl halides is 3. The van der Waals surface area contributed by atoms with Crippen LogP contribution in [0.2, 0.25) is 0 Å². The number of hydrogen-bond acceptors (Lipinski definition) is 9. The Balaban J connectivity index is 1.37. The number of esters is 1. The van der Waals surface area contributed by atoms with E-state index in [1.54, 1.807) is 25.3 Å². The number of aryl methyl sites for hydroxylation is 1. The molecule has 2 aromatic heterocycles. The summed E-state index contributed by atoms with van der Waals surface area (Å²) in [7, 11) is 0. The van der Waals surface area contributed by atoms with Crippen molar-refractivity contribution in [2.24, 2.45) is 5.92 Å². The van der Waals surface area contributed by atoms with E-state index in [-0.39, 0.29) is 28.5 Å². The van der Waals surface area contributed by atoms with Crippen LogP contribution in [0.15, 0.2) is 36.0 Å². The van der Waals surface area contributed by atoms with Gasteiger partial charge in [0.25, 0.3) is 5.91 Å². The van der Waals surface area contributed by atoms with Crippen LogP contribution in [0.3, 0.4) is 0 Å². The summed E-state index contributed by atoms with van der Waals surface area (Å²) in [5, 5.41) is 4.51. The molecule has 196 valence electrons. The fourth-order valence-electron chi connectivity index (χ4n) is 3.92. The van der Waals surface area contributed by atoms with Gasteiger partial charge in [-0.25, -0.2) is 15.0 Å². The van der Waals surface area contributed by atoms with Crippen LogP contribution in [0.5, 0.6) is 5.75 Å². The third kappa shape index (κ3) is 6.94. The zero-order valence-corrected chi connectivity index (χ0v) is 20.9. The normalized spacial score (nSPS) is 14.4. The van der Waals surface area contributed by atoms with Gasteiger partial charge in [-0.3, -0.25) is 14.9 Å².